The normalized spacial score (nSPS) is 20.4. The quantitative estimate of drug-likeness (QED) is 0.763. The Balaban J connectivity index is 1.58. The van der Waals surface area contributed by atoms with E-state index >= 15 is 0 Å². The first-order valence-corrected chi connectivity index (χ1v) is 8.57. The van der Waals surface area contributed by atoms with E-state index in [4.69, 9.17) is 4.74 Å². The van der Waals surface area contributed by atoms with Crippen molar-refractivity contribution in [3.63, 3.8) is 0 Å². The van der Waals surface area contributed by atoms with Crippen molar-refractivity contribution in [3.05, 3.63) is 66.1 Å². The van der Waals surface area contributed by atoms with Gasteiger partial charge in [-0.05, 0) is 11.6 Å². The summed E-state index contributed by atoms with van der Waals surface area (Å²) in [6, 6.07) is 11.6. The Morgan fingerprint density at radius 1 is 1.27 bits per heavy atom. The van der Waals surface area contributed by atoms with Gasteiger partial charge >= 0.3 is 0 Å². The topological polar surface area (TPSA) is 80.0 Å². The molecule has 1 atom stereocenters. The number of hydrogen-bond acceptors (Lipinski definition) is 5. The third kappa shape index (κ3) is 3.07. The number of fused-ring (bicyclic) bond motifs is 1. The number of amides is 1. The fourth-order valence-electron chi connectivity index (χ4n) is 3.39. The van der Waals surface area contributed by atoms with Crippen molar-refractivity contribution >= 4 is 11.6 Å². The molecule has 1 saturated heterocycles. The highest BCUT2D eigenvalue weighted by molar-refractivity contribution is 5.99. The van der Waals surface area contributed by atoms with E-state index in [1.54, 1.807) is 27.9 Å². The van der Waals surface area contributed by atoms with Crippen LogP contribution in [0.4, 0.5) is 0 Å². The van der Waals surface area contributed by atoms with Gasteiger partial charge in [-0.15, -0.1) is 0 Å². The number of aliphatic hydroxyl groups is 1. The van der Waals surface area contributed by atoms with Gasteiger partial charge in [-0.25, -0.2) is 9.50 Å². The van der Waals surface area contributed by atoms with E-state index in [9.17, 15) is 9.90 Å². The Hall–Kier alpha value is -2.77. The van der Waals surface area contributed by atoms with E-state index < -0.39 is 5.60 Å². The van der Waals surface area contributed by atoms with Gasteiger partial charge in [0.15, 0.2) is 5.65 Å². The number of carbonyl (C=O) groups is 1. The summed E-state index contributed by atoms with van der Waals surface area (Å²) in [5.74, 6) is -0.145. The average Bonchev–Trinajstić information content (AvgIpc) is 3.12. The number of benzene rings is 1. The highest BCUT2D eigenvalue weighted by Crippen LogP contribution is 2.24. The molecule has 0 unspecified atom stereocenters. The molecule has 1 N–H and O–H groups in total. The molecule has 7 heteroatoms. The van der Waals surface area contributed by atoms with Gasteiger partial charge < -0.3 is 14.7 Å². The SMILES string of the molecule is O=C(c1cnn2cccnc12)N1CCO[C@](CO)(Cc2ccccc2)C1. The summed E-state index contributed by atoms with van der Waals surface area (Å²) < 4.78 is 7.50. The summed E-state index contributed by atoms with van der Waals surface area (Å²) in [6.45, 7) is 1.02. The lowest BCUT2D eigenvalue weighted by molar-refractivity contribution is -0.123. The second-order valence-corrected chi connectivity index (χ2v) is 6.52. The van der Waals surface area contributed by atoms with Crippen molar-refractivity contribution in [3.8, 4) is 0 Å². The van der Waals surface area contributed by atoms with Crippen LogP contribution in [0.3, 0.4) is 0 Å². The van der Waals surface area contributed by atoms with Crippen LogP contribution in [0.2, 0.25) is 0 Å². The van der Waals surface area contributed by atoms with Crippen molar-refractivity contribution in [1.29, 1.82) is 0 Å². The third-order valence-corrected chi connectivity index (χ3v) is 4.70. The van der Waals surface area contributed by atoms with E-state index in [-0.39, 0.29) is 12.5 Å². The fraction of sp³-hybridized carbons (Fsp3) is 0.316. The number of nitrogens with zero attached hydrogens (tertiary/aromatic N) is 4. The summed E-state index contributed by atoms with van der Waals surface area (Å²) in [5.41, 5.74) is 1.25. The van der Waals surface area contributed by atoms with Gasteiger partial charge in [-0.2, -0.15) is 5.10 Å². The van der Waals surface area contributed by atoms with Crippen LogP contribution >= 0.6 is 0 Å². The van der Waals surface area contributed by atoms with Crippen LogP contribution in [0.1, 0.15) is 15.9 Å². The molecule has 0 bridgehead atoms. The summed E-state index contributed by atoms with van der Waals surface area (Å²) >= 11 is 0. The van der Waals surface area contributed by atoms with Crippen molar-refractivity contribution < 1.29 is 14.6 Å². The molecular formula is C19H20N4O3. The first kappa shape index (κ1) is 16.7. The summed E-state index contributed by atoms with van der Waals surface area (Å²) in [7, 11) is 0. The first-order valence-electron chi connectivity index (χ1n) is 8.57. The molecule has 0 radical (unpaired) electrons. The lowest BCUT2D eigenvalue weighted by Gasteiger charge is -2.41. The van der Waals surface area contributed by atoms with Crippen molar-refractivity contribution in [2.45, 2.75) is 12.0 Å². The van der Waals surface area contributed by atoms with Crippen LogP contribution in [-0.2, 0) is 11.2 Å². The van der Waals surface area contributed by atoms with Crippen molar-refractivity contribution in [1.82, 2.24) is 19.5 Å². The van der Waals surface area contributed by atoms with Crippen LogP contribution < -0.4 is 0 Å². The minimum atomic E-state index is -0.800. The summed E-state index contributed by atoms with van der Waals surface area (Å²) in [4.78, 5) is 19.0. The Kier molecular flexibility index (Phi) is 4.40. The van der Waals surface area contributed by atoms with Crippen molar-refractivity contribution in [2.24, 2.45) is 0 Å². The second kappa shape index (κ2) is 6.86. The van der Waals surface area contributed by atoms with E-state index in [0.717, 1.165) is 5.56 Å². The first-order chi connectivity index (χ1) is 12.7. The fourth-order valence-corrected chi connectivity index (χ4v) is 3.39. The molecule has 0 spiro atoms. The van der Waals surface area contributed by atoms with Crippen LogP contribution in [-0.4, -0.2) is 62.4 Å². The maximum absolute atomic E-state index is 13.0. The smallest absolute Gasteiger partial charge is 0.259 e. The molecule has 3 aromatic rings. The lowest BCUT2D eigenvalue weighted by Crippen LogP contribution is -2.56. The van der Waals surface area contributed by atoms with Gasteiger partial charge in [0.25, 0.3) is 5.91 Å². The zero-order chi connectivity index (χ0) is 18.0. The molecule has 1 aliphatic rings. The number of carbonyl (C=O) groups excluding carboxylic acids is 1. The minimum Gasteiger partial charge on any atom is -0.393 e. The average molecular weight is 352 g/mol. The molecule has 2 aromatic heterocycles. The monoisotopic (exact) mass is 352 g/mol. The number of ether oxygens (including phenoxy) is 1. The van der Waals surface area contributed by atoms with Crippen LogP contribution in [0.15, 0.2) is 55.0 Å². The molecule has 1 aromatic carbocycles. The Morgan fingerprint density at radius 3 is 2.92 bits per heavy atom. The molecule has 1 amide bonds. The predicted octanol–water partition coefficient (Wildman–Crippen LogP) is 1.18. The largest absolute Gasteiger partial charge is 0.393 e. The van der Waals surface area contributed by atoms with E-state index in [1.165, 1.54) is 6.20 Å². The molecule has 1 aliphatic heterocycles. The Bertz CT molecular complexity index is 911. The third-order valence-electron chi connectivity index (χ3n) is 4.70. The minimum absolute atomic E-state index is 0.145. The summed E-state index contributed by atoms with van der Waals surface area (Å²) in [5, 5.41) is 14.2. The lowest BCUT2D eigenvalue weighted by atomic mass is 9.93. The summed E-state index contributed by atoms with van der Waals surface area (Å²) in [6.07, 6.45) is 5.48. The van der Waals surface area contributed by atoms with Crippen LogP contribution in [0.5, 0.6) is 0 Å². The van der Waals surface area contributed by atoms with Crippen molar-refractivity contribution in [2.75, 3.05) is 26.3 Å². The van der Waals surface area contributed by atoms with Gasteiger partial charge in [-0.3, -0.25) is 4.79 Å². The highest BCUT2D eigenvalue weighted by Gasteiger charge is 2.39. The second-order valence-electron chi connectivity index (χ2n) is 6.52. The highest BCUT2D eigenvalue weighted by atomic mass is 16.5. The molecule has 1 fully saturated rings. The molecule has 7 nitrogen and oxygen atoms in total. The standard InChI is InChI=1S/C19H20N4O3/c24-14-19(11-15-5-2-1-3-6-15)13-22(9-10-26-19)18(25)16-12-21-23-8-4-7-20-17(16)23/h1-8,12,24H,9-11,13-14H2/t19-/m1/s1. The molecule has 134 valence electrons. The number of rotatable bonds is 4. The van der Waals surface area contributed by atoms with Crippen LogP contribution in [0.25, 0.3) is 5.65 Å². The van der Waals surface area contributed by atoms with Gasteiger partial charge in [0.1, 0.15) is 11.2 Å². The number of aliphatic hydroxyl groups excluding tert-OH is 1. The zero-order valence-corrected chi connectivity index (χ0v) is 14.3. The molecule has 0 saturated carbocycles. The molecule has 0 aliphatic carbocycles. The molecule has 4 rings (SSSR count). The van der Waals surface area contributed by atoms with E-state index in [1.807, 2.05) is 30.3 Å². The van der Waals surface area contributed by atoms with E-state index in [2.05, 4.69) is 10.1 Å². The zero-order valence-electron chi connectivity index (χ0n) is 14.3. The molecule has 3 heterocycles. The number of morpholine rings is 1. The number of aromatic nitrogens is 3. The molecular weight excluding hydrogens is 332 g/mol. The predicted molar refractivity (Wildman–Crippen MR) is 94.8 cm³/mol. The van der Waals surface area contributed by atoms with Gasteiger partial charge in [0.05, 0.1) is 26.0 Å². The van der Waals surface area contributed by atoms with E-state index in [0.29, 0.717) is 37.3 Å². The Labute approximate surface area is 150 Å². The Morgan fingerprint density at radius 2 is 2.12 bits per heavy atom. The molecule has 26 heavy (non-hydrogen) atoms. The number of hydrogen-bond donors (Lipinski definition) is 1. The van der Waals surface area contributed by atoms with Gasteiger partial charge in [-0.1, -0.05) is 30.3 Å². The maximum Gasteiger partial charge on any atom is 0.259 e. The maximum atomic E-state index is 13.0. The van der Waals surface area contributed by atoms with Gasteiger partial charge in [0.2, 0.25) is 0 Å². The van der Waals surface area contributed by atoms with Gasteiger partial charge in [0, 0.05) is 25.4 Å². The van der Waals surface area contributed by atoms with Crippen LogP contribution in [0, 0.1) is 0 Å².